The summed E-state index contributed by atoms with van der Waals surface area (Å²) in [5, 5.41) is 0. The molecule has 0 aromatic rings. The molecular weight excluding hydrogens is 408 g/mol. The summed E-state index contributed by atoms with van der Waals surface area (Å²) in [5.41, 5.74) is 1.51. The predicted molar refractivity (Wildman–Crippen MR) is 131 cm³/mol. The summed E-state index contributed by atoms with van der Waals surface area (Å²) in [6.07, 6.45) is 10.6. The highest BCUT2D eigenvalue weighted by molar-refractivity contribution is 5.92. The molecule has 33 heavy (non-hydrogen) atoms. The molecule has 2 spiro atoms. The van der Waals surface area contributed by atoms with Crippen LogP contribution in [0.3, 0.4) is 0 Å². The number of fused-ring (bicyclic) bond motifs is 2. The fourth-order valence-electron chi connectivity index (χ4n) is 10.8. The second-order valence-electron chi connectivity index (χ2n) is 14.1. The van der Waals surface area contributed by atoms with Gasteiger partial charge in [0.25, 0.3) is 0 Å². The van der Waals surface area contributed by atoms with Crippen LogP contribution in [-0.2, 0) is 14.4 Å². The summed E-state index contributed by atoms with van der Waals surface area (Å²) in [7, 11) is 0. The molecule has 0 bridgehead atoms. The van der Waals surface area contributed by atoms with Gasteiger partial charge < -0.3 is 0 Å². The third kappa shape index (κ3) is 2.77. The Morgan fingerprint density at radius 2 is 1.61 bits per heavy atom. The Labute approximate surface area is 200 Å². The molecule has 5 aliphatic rings. The smallest absolute Gasteiger partial charge is 0.155 e. The Morgan fingerprint density at radius 1 is 0.970 bits per heavy atom. The van der Waals surface area contributed by atoms with E-state index in [0.717, 1.165) is 31.3 Å². The molecule has 5 saturated carbocycles. The third-order valence-electron chi connectivity index (χ3n) is 12.2. The van der Waals surface area contributed by atoms with E-state index in [-0.39, 0.29) is 33.9 Å². The maximum absolute atomic E-state index is 13.6. The van der Waals surface area contributed by atoms with E-state index in [2.05, 4.69) is 34.6 Å². The lowest BCUT2D eigenvalue weighted by Gasteiger charge is -2.62. The molecule has 182 valence electrons. The maximum Gasteiger partial charge on any atom is 0.155 e. The average Bonchev–Trinajstić information content (AvgIpc) is 3.30. The van der Waals surface area contributed by atoms with Crippen molar-refractivity contribution in [1.82, 2.24) is 0 Å². The predicted octanol–water partition coefficient (Wildman–Crippen LogP) is 6.74. The second-order valence-corrected chi connectivity index (χ2v) is 14.1. The van der Waals surface area contributed by atoms with Gasteiger partial charge in [-0.05, 0) is 97.9 Å². The normalized spacial score (nSPS) is 48.2. The van der Waals surface area contributed by atoms with E-state index in [1.165, 1.54) is 19.3 Å². The van der Waals surface area contributed by atoms with Gasteiger partial charge in [-0.25, -0.2) is 0 Å². The highest BCUT2D eigenvalue weighted by atomic mass is 16.1. The molecule has 0 heterocycles. The summed E-state index contributed by atoms with van der Waals surface area (Å²) in [6.45, 7) is 15.3. The van der Waals surface area contributed by atoms with Crippen molar-refractivity contribution >= 4 is 17.3 Å². The van der Waals surface area contributed by atoms with Gasteiger partial charge in [-0.2, -0.15) is 0 Å². The van der Waals surface area contributed by atoms with Gasteiger partial charge in [0.15, 0.2) is 5.78 Å². The summed E-state index contributed by atoms with van der Waals surface area (Å²) >= 11 is 0. The summed E-state index contributed by atoms with van der Waals surface area (Å²) in [5.74, 6) is 2.23. The number of ketones is 3. The lowest BCUT2D eigenvalue weighted by atomic mass is 9.42. The fourth-order valence-corrected chi connectivity index (χ4v) is 10.8. The van der Waals surface area contributed by atoms with Crippen molar-refractivity contribution in [2.45, 2.75) is 106 Å². The van der Waals surface area contributed by atoms with Crippen LogP contribution in [0, 0.1) is 50.7 Å². The SMILES string of the molecule is CC(C)=CC(=O)C[C@@H](C)[C@H]1C(=O)C[C@@]2(C)[C@@H]3CC[C@H]4C(C)(C)C(=O)CC[C@@]45C[C@@]35CC[C@]12C. The molecule has 5 rings (SSSR count). The second kappa shape index (κ2) is 6.91. The van der Waals surface area contributed by atoms with Crippen molar-refractivity contribution < 1.29 is 14.4 Å². The van der Waals surface area contributed by atoms with Crippen molar-refractivity contribution in [3.63, 3.8) is 0 Å². The van der Waals surface area contributed by atoms with Crippen LogP contribution < -0.4 is 0 Å². The van der Waals surface area contributed by atoms with Crippen molar-refractivity contribution in [1.29, 1.82) is 0 Å². The molecule has 0 saturated heterocycles. The number of allylic oxidation sites excluding steroid dienone is 2. The first-order valence-corrected chi connectivity index (χ1v) is 13.5. The molecule has 0 unspecified atom stereocenters. The van der Waals surface area contributed by atoms with Crippen LogP contribution in [-0.4, -0.2) is 17.3 Å². The van der Waals surface area contributed by atoms with E-state index in [4.69, 9.17) is 0 Å². The van der Waals surface area contributed by atoms with Gasteiger partial charge in [0.2, 0.25) is 0 Å². The number of hydrogen-bond acceptors (Lipinski definition) is 3. The van der Waals surface area contributed by atoms with E-state index in [0.29, 0.717) is 47.1 Å². The molecule has 0 aromatic carbocycles. The first-order valence-electron chi connectivity index (χ1n) is 13.5. The summed E-state index contributed by atoms with van der Waals surface area (Å²) in [4.78, 5) is 39.1. The monoisotopic (exact) mass is 452 g/mol. The van der Waals surface area contributed by atoms with Crippen molar-refractivity contribution in [2.75, 3.05) is 0 Å². The number of hydrogen-bond donors (Lipinski definition) is 0. The van der Waals surface area contributed by atoms with Gasteiger partial charge in [-0.15, -0.1) is 0 Å². The van der Waals surface area contributed by atoms with Crippen LogP contribution in [0.25, 0.3) is 0 Å². The van der Waals surface area contributed by atoms with Gasteiger partial charge in [-0.3, -0.25) is 14.4 Å². The fraction of sp³-hybridized carbons (Fsp3) is 0.833. The van der Waals surface area contributed by atoms with Crippen molar-refractivity contribution in [3.8, 4) is 0 Å². The molecule has 5 aliphatic carbocycles. The van der Waals surface area contributed by atoms with Crippen LogP contribution in [0.5, 0.6) is 0 Å². The van der Waals surface area contributed by atoms with Crippen LogP contribution >= 0.6 is 0 Å². The first-order chi connectivity index (χ1) is 15.3. The minimum atomic E-state index is -0.192. The zero-order chi connectivity index (χ0) is 24.2. The summed E-state index contributed by atoms with van der Waals surface area (Å²) in [6, 6.07) is 0. The van der Waals surface area contributed by atoms with Crippen LogP contribution in [0.15, 0.2) is 11.6 Å². The minimum Gasteiger partial charge on any atom is -0.299 e. The molecule has 0 aliphatic heterocycles. The maximum atomic E-state index is 13.6. The van der Waals surface area contributed by atoms with Crippen molar-refractivity contribution in [3.05, 3.63) is 11.6 Å². The molecule has 3 heteroatoms. The van der Waals surface area contributed by atoms with Crippen molar-refractivity contribution in [2.24, 2.45) is 50.7 Å². The molecule has 0 aromatic heterocycles. The van der Waals surface area contributed by atoms with Gasteiger partial charge in [-0.1, -0.05) is 40.2 Å². The zero-order valence-electron chi connectivity index (χ0n) is 22.0. The number of carbonyl (C=O) groups excluding carboxylic acids is 3. The molecule has 5 fully saturated rings. The van der Waals surface area contributed by atoms with E-state index < -0.39 is 0 Å². The van der Waals surface area contributed by atoms with E-state index >= 15 is 0 Å². The first kappa shape index (κ1) is 23.5. The topological polar surface area (TPSA) is 51.2 Å². The average molecular weight is 453 g/mol. The van der Waals surface area contributed by atoms with E-state index in [1.807, 2.05) is 13.8 Å². The quantitative estimate of drug-likeness (QED) is 0.444. The molecule has 0 radical (unpaired) electrons. The molecular formula is C30H44O3. The van der Waals surface area contributed by atoms with Gasteiger partial charge in [0.05, 0.1) is 0 Å². The molecule has 3 nitrogen and oxygen atoms in total. The molecule has 8 atom stereocenters. The Morgan fingerprint density at radius 3 is 2.27 bits per heavy atom. The number of carbonyl (C=O) groups is 3. The van der Waals surface area contributed by atoms with Crippen LogP contribution in [0.4, 0.5) is 0 Å². The minimum absolute atomic E-state index is 0.00818. The lowest BCUT2D eigenvalue weighted by Crippen LogP contribution is -2.57. The Kier molecular flexibility index (Phi) is 4.92. The van der Waals surface area contributed by atoms with E-state index in [1.54, 1.807) is 6.08 Å². The van der Waals surface area contributed by atoms with Gasteiger partial charge in [0.1, 0.15) is 11.6 Å². The highest BCUT2D eigenvalue weighted by Crippen LogP contribution is 2.88. The number of rotatable bonds is 4. The van der Waals surface area contributed by atoms with E-state index in [9.17, 15) is 14.4 Å². The number of Topliss-reactive ketones (excluding diaryl/α,β-unsaturated/α-hetero) is 2. The zero-order valence-corrected chi connectivity index (χ0v) is 22.0. The Hall–Kier alpha value is -1.25. The Bertz CT molecular complexity index is 954. The van der Waals surface area contributed by atoms with Crippen LogP contribution in [0.1, 0.15) is 106 Å². The lowest BCUT2D eigenvalue weighted by molar-refractivity contribution is -0.157. The largest absolute Gasteiger partial charge is 0.299 e. The summed E-state index contributed by atoms with van der Waals surface area (Å²) < 4.78 is 0. The highest BCUT2D eigenvalue weighted by Gasteiger charge is 2.82. The third-order valence-corrected chi connectivity index (χ3v) is 12.2. The standard InChI is InChI=1S/C30H44O3/c1-18(2)14-20(31)15-19(3)25-21(32)16-28(7)23-9-8-22-26(4,5)24(33)10-11-29(22)17-30(23,29)13-12-27(25,28)6/h14,19,22-23,25H,8-13,15-17H2,1-7H3/t19-,22+,23+,25+,27-,28+,29-,30+/m1/s1. The Balaban J connectivity index is 1.46. The van der Waals surface area contributed by atoms with Gasteiger partial charge in [0, 0.05) is 30.6 Å². The van der Waals surface area contributed by atoms with Gasteiger partial charge >= 0.3 is 0 Å². The molecule has 0 N–H and O–H groups in total. The molecule has 0 amide bonds. The van der Waals surface area contributed by atoms with Crippen LogP contribution in [0.2, 0.25) is 0 Å².